The summed E-state index contributed by atoms with van der Waals surface area (Å²) >= 11 is 0. The van der Waals surface area contributed by atoms with E-state index >= 15 is 0 Å². The molecule has 0 atom stereocenters. The van der Waals surface area contributed by atoms with Gasteiger partial charge in [0.1, 0.15) is 5.65 Å². The number of oxime groups is 1. The van der Waals surface area contributed by atoms with Gasteiger partial charge < -0.3 is 14.4 Å². The molecule has 5 nitrogen and oxygen atoms in total. The molecule has 74 valence electrons. The van der Waals surface area contributed by atoms with Gasteiger partial charge in [0.2, 0.25) is 0 Å². The summed E-state index contributed by atoms with van der Waals surface area (Å²) in [6.07, 6.45) is 5.15. The molecule has 0 radical (unpaired) electrons. The van der Waals surface area contributed by atoms with E-state index in [1.54, 1.807) is 12.4 Å². The Bertz CT molecular complexity index is 511. The van der Waals surface area contributed by atoms with Crippen LogP contribution in [0.5, 0.6) is 0 Å². The van der Waals surface area contributed by atoms with Gasteiger partial charge in [0.25, 0.3) is 0 Å². The van der Waals surface area contributed by atoms with Gasteiger partial charge in [-0.1, -0.05) is 0 Å². The largest absolute Gasteiger partial charge is 0.586 e. The summed E-state index contributed by atoms with van der Waals surface area (Å²) in [6.45, 7) is 0.471. The van der Waals surface area contributed by atoms with Crippen molar-refractivity contribution in [3.8, 4) is 0 Å². The highest BCUT2D eigenvalue weighted by atomic mass is 16.7. The van der Waals surface area contributed by atoms with Crippen LogP contribution < -0.4 is 5.46 Å². The predicted molar refractivity (Wildman–Crippen MR) is 57.0 cm³/mol. The molecular formula is C9H8BN3O2. The van der Waals surface area contributed by atoms with Crippen molar-refractivity contribution in [1.82, 2.24) is 9.97 Å². The quantitative estimate of drug-likeness (QED) is 0.674. The summed E-state index contributed by atoms with van der Waals surface area (Å²) in [5.74, 6) is 0. The molecule has 1 aliphatic rings. The minimum Gasteiger partial charge on any atom is -0.427 e. The minimum absolute atomic E-state index is 0.434. The molecule has 0 amide bonds. The van der Waals surface area contributed by atoms with Gasteiger partial charge in [0, 0.05) is 23.2 Å². The monoisotopic (exact) mass is 201 g/mol. The lowest BCUT2D eigenvalue weighted by atomic mass is 9.78. The molecule has 1 aliphatic heterocycles. The molecule has 0 aliphatic carbocycles. The van der Waals surface area contributed by atoms with Gasteiger partial charge in [-0.05, 0) is 12.1 Å². The minimum atomic E-state index is -0.434. The fourth-order valence-electron chi connectivity index (χ4n) is 1.62. The highest BCUT2D eigenvalue weighted by molar-refractivity contribution is 6.64. The van der Waals surface area contributed by atoms with Crippen LogP contribution in [0.3, 0.4) is 0 Å². The van der Waals surface area contributed by atoms with E-state index in [1.807, 2.05) is 18.3 Å². The normalized spacial score (nSPS) is 15.6. The van der Waals surface area contributed by atoms with Gasteiger partial charge in [-0.3, -0.25) is 0 Å². The highest BCUT2D eigenvalue weighted by Crippen LogP contribution is 2.08. The number of hydrogen-bond acceptors (Lipinski definition) is 4. The maximum Gasteiger partial charge on any atom is 0.586 e. The zero-order valence-corrected chi connectivity index (χ0v) is 7.88. The summed E-state index contributed by atoms with van der Waals surface area (Å²) in [4.78, 5) is 7.23. The number of aromatic nitrogens is 2. The Morgan fingerprint density at radius 3 is 3.27 bits per heavy atom. The lowest BCUT2D eigenvalue weighted by molar-refractivity contribution is 0.218. The van der Waals surface area contributed by atoms with Crippen molar-refractivity contribution in [2.45, 2.75) is 0 Å². The molecule has 2 aromatic heterocycles. The second-order valence-electron chi connectivity index (χ2n) is 3.20. The smallest absolute Gasteiger partial charge is 0.427 e. The van der Waals surface area contributed by atoms with Crippen LogP contribution in [0.4, 0.5) is 0 Å². The van der Waals surface area contributed by atoms with Crippen molar-refractivity contribution in [3.63, 3.8) is 0 Å². The second-order valence-corrected chi connectivity index (χ2v) is 3.20. The topological polar surface area (TPSA) is 59.5 Å². The van der Waals surface area contributed by atoms with E-state index in [9.17, 15) is 0 Å². The van der Waals surface area contributed by atoms with Crippen LogP contribution >= 0.6 is 0 Å². The van der Waals surface area contributed by atoms with Gasteiger partial charge >= 0.3 is 7.12 Å². The molecular weight excluding hydrogens is 193 g/mol. The molecule has 0 unspecified atom stereocenters. The molecule has 0 aromatic carbocycles. The molecule has 0 saturated carbocycles. The fourth-order valence-corrected chi connectivity index (χ4v) is 1.62. The highest BCUT2D eigenvalue weighted by Gasteiger charge is 2.27. The number of nitrogens with one attached hydrogen (secondary N) is 1. The third-order valence-electron chi connectivity index (χ3n) is 2.30. The van der Waals surface area contributed by atoms with Crippen molar-refractivity contribution in [1.29, 1.82) is 0 Å². The lowest BCUT2D eigenvalue weighted by Gasteiger charge is -2.14. The molecule has 2 aromatic rings. The Balaban J connectivity index is 2.09. The van der Waals surface area contributed by atoms with E-state index in [-0.39, 0.29) is 0 Å². The first-order chi connectivity index (χ1) is 7.45. The molecule has 3 heterocycles. The SMILES string of the molecule is C1=NOB(c2ccnc3[nH]ccc23)OC1. The summed E-state index contributed by atoms with van der Waals surface area (Å²) in [5, 5.41) is 4.75. The lowest BCUT2D eigenvalue weighted by Crippen LogP contribution is -2.38. The summed E-state index contributed by atoms with van der Waals surface area (Å²) < 4.78 is 10.6. The number of H-pyrrole nitrogens is 1. The van der Waals surface area contributed by atoms with Crippen molar-refractivity contribution in [2.75, 3.05) is 6.61 Å². The van der Waals surface area contributed by atoms with Crippen molar-refractivity contribution in [3.05, 3.63) is 24.5 Å². The van der Waals surface area contributed by atoms with Crippen LogP contribution in [0.15, 0.2) is 29.7 Å². The first-order valence-electron chi connectivity index (χ1n) is 4.66. The van der Waals surface area contributed by atoms with Gasteiger partial charge in [-0.15, -0.1) is 5.16 Å². The zero-order chi connectivity index (χ0) is 10.1. The average Bonchev–Trinajstić information content (AvgIpc) is 2.78. The number of rotatable bonds is 1. The number of pyridine rings is 1. The summed E-state index contributed by atoms with van der Waals surface area (Å²) in [6, 6.07) is 3.82. The van der Waals surface area contributed by atoms with Crippen LogP contribution in [-0.2, 0) is 9.41 Å². The van der Waals surface area contributed by atoms with E-state index in [0.717, 1.165) is 16.5 Å². The van der Waals surface area contributed by atoms with Crippen LogP contribution in [0.1, 0.15) is 0 Å². The molecule has 6 heteroatoms. The standard InChI is InChI=1S/C9H8BN3O2/c1-3-11-9-7(1)8(2-4-12-9)10-14-6-5-13-15-10/h1-5H,6H2,(H,11,12). The van der Waals surface area contributed by atoms with Gasteiger partial charge in [0.05, 0.1) is 12.8 Å². The Morgan fingerprint density at radius 1 is 1.40 bits per heavy atom. The summed E-state index contributed by atoms with van der Waals surface area (Å²) in [7, 11) is -0.434. The van der Waals surface area contributed by atoms with Crippen LogP contribution in [-0.4, -0.2) is 29.9 Å². The molecule has 0 saturated heterocycles. The average molecular weight is 201 g/mol. The molecule has 15 heavy (non-hydrogen) atoms. The van der Waals surface area contributed by atoms with Crippen LogP contribution in [0.2, 0.25) is 0 Å². The van der Waals surface area contributed by atoms with Gasteiger partial charge in [0.15, 0.2) is 0 Å². The maximum absolute atomic E-state index is 5.43. The van der Waals surface area contributed by atoms with E-state index in [0.29, 0.717) is 6.61 Å². The summed E-state index contributed by atoms with van der Waals surface area (Å²) in [5.41, 5.74) is 1.77. The van der Waals surface area contributed by atoms with Gasteiger partial charge in [-0.25, -0.2) is 4.98 Å². The fraction of sp³-hybridized carbons (Fsp3) is 0.111. The molecule has 3 rings (SSSR count). The van der Waals surface area contributed by atoms with Crippen LogP contribution in [0.25, 0.3) is 11.0 Å². The number of hydrogen-bond donors (Lipinski definition) is 1. The van der Waals surface area contributed by atoms with Crippen molar-refractivity contribution >= 4 is 29.8 Å². The Kier molecular flexibility index (Phi) is 1.92. The second kappa shape index (κ2) is 3.40. The number of fused-ring (bicyclic) bond motifs is 1. The third-order valence-corrected chi connectivity index (χ3v) is 2.30. The molecule has 0 fully saturated rings. The molecule has 0 spiro atoms. The van der Waals surface area contributed by atoms with Crippen molar-refractivity contribution < 1.29 is 9.41 Å². The van der Waals surface area contributed by atoms with Gasteiger partial charge in [-0.2, -0.15) is 0 Å². The zero-order valence-electron chi connectivity index (χ0n) is 7.88. The first-order valence-corrected chi connectivity index (χ1v) is 4.66. The number of aromatic amines is 1. The van der Waals surface area contributed by atoms with Crippen LogP contribution in [0, 0.1) is 0 Å². The number of nitrogens with zero attached hydrogens (tertiary/aromatic N) is 2. The Labute approximate surface area is 86.2 Å². The molecule has 1 N–H and O–H groups in total. The Hall–Kier alpha value is -1.82. The van der Waals surface area contributed by atoms with E-state index < -0.39 is 7.12 Å². The Morgan fingerprint density at radius 2 is 2.40 bits per heavy atom. The van der Waals surface area contributed by atoms with E-state index in [1.165, 1.54) is 0 Å². The van der Waals surface area contributed by atoms with Crippen molar-refractivity contribution in [2.24, 2.45) is 5.16 Å². The molecule has 0 bridgehead atoms. The first kappa shape index (κ1) is 8.49. The maximum atomic E-state index is 5.43. The van der Waals surface area contributed by atoms with E-state index in [4.69, 9.17) is 9.41 Å². The predicted octanol–water partition coefficient (Wildman–Crippen LogP) is 0.291. The third kappa shape index (κ3) is 1.39. The van der Waals surface area contributed by atoms with E-state index in [2.05, 4.69) is 15.1 Å².